The van der Waals surface area contributed by atoms with Crippen LogP contribution in [0.25, 0.3) is 10.8 Å². The Morgan fingerprint density at radius 2 is 1.89 bits per heavy atom. The molecule has 2 rings (SSSR count). The summed E-state index contributed by atoms with van der Waals surface area (Å²) in [5.74, 6) is -0.176. The molecule has 0 radical (unpaired) electrons. The topological polar surface area (TPSA) is 29.5 Å². The molecule has 100 valence electrons. The first kappa shape index (κ1) is 13.6. The molecule has 0 unspecified atom stereocenters. The number of rotatable bonds is 5. The van der Waals surface area contributed by atoms with E-state index >= 15 is 0 Å². The maximum atomic E-state index is 11.4. The van der Waals surface area contributed by atoms with Gasteiger partial charge in [0.2, 0.25) is 0 Å². The van der Waals surface area contributed by atoms with Crippen LogP contribution in [0.1, 0.15) is 12.5 Å². The molecule has 0 atom stereocenters. The zero-order chi connectivity index (χ0) is 13.7. The highest BCUT2D eigenvalue weighted by Gasteiger charge is 2.09. The predicted octanol–water partition coefficient (Wildman–Crippen LogP) is 2.83. The van der Waals surface area contributed by atoms with Crippen LogP contribution < -0.4 is 0 Å². The molecule has 0 aliphatic heterocycles. The van der Waals surface area contributed by atoms with Gasteiger partial charge in [-0.25, -0.2) is 0 Å². The van der Waals surface area contributed by atoms with Gasteiger partial charge in [-0.15, -0.1) is 0 Å². The van der Waals surface area contributed by atoms with Crippen molar-refractivity contribution < 1.29 is 9.53 Å². The standard InChI is InChI=1S/C16H19NO2/c1-3-19-16(18)12-17(2)11-14-9-6-8-13-7-4-5-10-15(13)14/h4-10H,3,11-12H2,1-2H3. The second kappa shape index (κ2) is 6.34. The summed E-state index contributed by atoms with van der Waals surface area (Å²) in [6.45, 7) is 3.31. The van der Waals surface area contributed by atoms with Gasteiger partial charge in [0.15, 0.2) is 0 Å². The number of hydrogen-bond donors (Lipinski definition) is 0. The molecule has 0 fully saturated rings. The third kappa shape index (κ3) is 3.55. The van der Waals surface area contributed by atoms with Crippen LogP contribution in [0, 0.1) is 0 Å². The number of esters is 1. The zero-order valence-corrected chi connectivity index (χ0v) is 11.4. The quantitative estimate of drug-likeness (QED) is 0.771. The van der Waals surface area contributed by atoms with Crippen LogP contribution in [-0.4, -0.2) is 31.1 Å². The summed E-state index contributed by atoms with van der Waals surface area (Å²) in [6, 6.07) is 14.5. The highest BCUT2D eigenvalue weighted by Crippen LogP contribution is 2.19. The lowest BCUT2D eigenvalue weighted by Gasteiger charge is -2.16. The van der Waals surface area contributed by atoms with Gasteiger partial charge in [0.1, 0.15) is 0 Å². The minimum atomic E-state index is -0.176. The minimum absolute atomic E-state index is 0.176. The largest absolute Gasteiger partial charge is 0.465 e. The monoisotopic (exact) mass is 257 g/mol. The fourth-order valence-electron chi connectivity index (χ4n) is 2.20. The molecule has 0 aliphatic carbocycles. The van der Waals surface area contributed by atoms with Gasteiger partial charge >= 0.3 is 5.97 Å². The number of carbonyl (C=O) groups excluding carboxylic acids is 1. The smallest absolute Gasteiger partial charge is 0.320 e. The van der Waals surface area contributed by atoms with Crippen LogP contribution in [0.4, 0.5) is 0 Å². The molecular formula is C16H19NO2. The number of benzene rings is 2. The predicted molar refractivity (Wildman–Crippen MR) is 76.9 cm³/mol. The summed E-state index contributed by atoms with van der Waals surface area (Å²) in [5, 5.41) is 2.46. The van der Waals surface area contributed by atoms with Crippen molar-refractivity contribution in [3.05, 3.63) is 48.0 Å². The van der Waals surface area contributed by atoms with E-state index in [1.165, 1.54) is 16.3 Å². The van der Waals surface area contributed by atoms with Gasteiger partial charge in [0.05, 0.1) is 13.2 Å². The highest BCUT2D eigenvalue weighted by molar-refractivity contribution is 5.85. The average Bonchev–Trinajstić information content (AvgIpc) is 2.39. The van der Waals surface area contributed by atoms with Crippen molar-refractivity contribution in [2.45, 2.75) is 13.5 Å². The molecule has 2 aromatic carbocycles. The van der Waals surface area contributed by atoms with E-state index < -0.39 is 0 Å². The molecule has 0 amide bonds. The Bertz CT molecular complexity index is 560. The molecule has 0 spiro atoms. The second-order valence-electron chi connectivity index (χ2n) is 4.62. The maximum Gasteiger partial charge on any atom is 0.320 e. The molecule has 0 bridgehead atoms. The first-order valence-corrected chi connectivity index (χ1v) is 6.51. The lowest BCUT2D eigenvalue weighted by molar-refractivity contribution is -0.144. The molecular weight excluding hydrogens is 238 g/mol. The second-order valence-corrected chi connectivity index (χ2v) is 4.62. The Balaban J connectivity index is 2.10. The molecule has 3 heteroatoms. The van der Waals surface area contributed by atoms with Crippen LogP contribution >= 0.6 is 0 Å². The minimum Gasteiger partial charge on any atom is -0.465 e. The number of likely N-dealkylation sites (N-methyl/N-ethyl adjacent to an activating group) is 1. The summed E-state index contributed by atoms with van der Waals surface area (Å²) in [4.78, 5) is 13.4. The lowest BCUT2D eigenvalue weighted by Crippen LogP contribution is -2.27. The third-order valence-corrected chi connectivity index (χ3v) is 3.02. The van der Waals surface area contributed by atoms with Crippen LogP contribution in [0.5, 0.6) is 0 Å². The van der Waals surface area contributed by atoms with Crippen LogP contribution in [0.15, 0.2) is 42.5 Å². The van der Waals surface area contributed by atoms with Crippen molar-refractivity contribution in [2.75, 3.05) is 20.2 Å². The van der Waals surface area contributed by atoms with E-state index in [1.54, 1.807) is 0 Å². The van der Waals surface area contributed by atoms with E-state index in [2.05, 4.69) is 30.3 Å². The van der Waals surface area contributed by atoms with E-state index in [4.69, 9.17) is 4.74 Å². The Morgan fingerprint density at radius 3 is 2.68 bits per heavy atom. The SMILES string of the molecule is CCOC(=O)CN(C)Cc1cccc2ccccc12. The number of fused-ring (bicyclic) bond motifs is 1. The van der Waals surface area contributed by atoms with Gasteiger partial charge in [-0.05, 0) is 30.3 Å². The molecule has 19 heavy (non-hydrogen) atoms. The van der Waals surface area contributed by atoms with Crippen LogP contribution in [-0.2, 0) is 16.1 Å². The van der Waals surface area contributed by atoms with Crippen LogP contribution in [0.2, 0.25) is 0 Å². The van der Waals surface area contributed by atoms with Gasteiger partial charge in [0.25, 0.3) is 0 Å². The van der Waals surface area contributed by atoms with E-state index in [0.717, 1.165) is 6.54 Å². The summed E-state index contributed by atoms with van der Waals surface area (Å²) in [6.07, 6.45) is 0. The molecule has 0 saturated carbocycles. The van der Waals surface area contributed by atoms with Crippen molar-refractivity contribution in [3.8, 4) is 0 Å². The van der Waals surface area contributed by atoms with Crippen molar-refractivity contribution in [3.63, 3.8) is 0 Å². The van der Waals surface area contributed by atoms with E-state index in [9.17, 15) is 4.79 Å². The molecule has 0 saturated heterocycles. The normalized spacial score (nSPS) is 10.9. The summed E-state index contributed by atoms with van der Waals surface area (Å²) in [7, 11) is 1.93. The average molecular weight is 257 g/mol. The zero-order valence-electron chi connectivity index (χ0n) is 11.4. The number of carbonyl (C=O) groups is 1. The molecule has 2 aromatic rings. The van der Waals surface area contributed by atoms with E-state index in [1.807, 2.05) is 31.0 Å². The molecule has 3 nitrogen and oxygen atoms in total. The molecule has 0 aromatic heterocycles. The Kier molecular flexibility index (Phi) is 4.53. The van der Waals surface area contributed by atoms with Crippen molar-refractivity contribution in [1.82, 2.24) is 4.90 Å². The van der Waals surface area contributed by atoms with Crippen molar-refractivity contribution in [2.24, 2.45) is 0 Å². The third-order valence-electron chi connectivity index (χ3n) is 3.02. The first-order valence-electron chi connectivity index (χ1n) is 6.51. The first-order chi connectivity index (χ1) is 9.20. The Hall–Kier alpha value is -1.87. The van der Waals surface area contributed by atoms with E-state index in [0.29, 0.717) is 13.2 Å². The molecule has 0 aliphatic rings. The fourth-order valence-corrected chi connectivity index (χ4v) is 2.20. The summed E-state index contributed by atoms with van der Waals surface area (Å²) >= 11 is 0. The van der Waals surface area contributed by atoms with Gasteiger partial charge in [-0.1, -0.05) is 42.5 Å². The lowest BCUT2D eigenvalue weighted by atomic mass is 10.0. The van der Waals surface area contributed by atoms with Gasteiger partial charge < -0.3 is 4.74 Å². The van der Waals surface area contributed by atoms with Crippen molar-refractivity contribution >= 4 is 16.7 Å². The Labute approximate surface area is 113 Å². The van der Waals surface area contributed by atoms with Gasteiger partial charge in [-0.3, -0.25) is 9.69 Å². The van der Waals surface area contributed by atoms with Gasteiger partial charge in [-0.2, -0.15) is 0 Å². The highest BCUT2D eigenvalue weighted by atomic mass is 16.5. The van der Waals surface area contributed by atoms with Gasteiger partial charge in [0, 0.05) is 6.54 Å². The summed E-state index contributed by atoms with van der Waals surface area (Å²) < 4.78 is 4.96. The number of ether oxygens (including phenoxy) is 1. The van der Waals surface area contributed by atoms with E-state index in [-0.39, 0.29) is 5.97 Å². The fraction of sp³-hybridized carbons (Fsp3) is 0.312. The molecule has 0 heterocycles. The number of nitrogens with zero attached hydrogens (tertiary/aromatic N) is 1. The maximum absolute atomic E-state index is 11.4. The summed E-state index contributed by atoms with van der Waals surface area (Å²) in [5.41, 5.74) is 1.23. The van der Waals surface area contributed by atoms with Crippen molar-refractivity contribution in [1.29, 1.82) is 0 Å². The van der Waals surface area contributed by atoms with Crippen LogP contribution in [0.3, 0.4) is 0 Å². The number of hydrogen-bond acceptors (Lipinski definition) is 3. The molecule has 0 N–H and O–H groups in total. The Morgan fingerprint density at radius 1 is 1.16 bits per heavy atom.